The van der Waals surface area contributed by atoms with Gasteiger partial charge in [-0.25, -0.2) is 4.79 Å². The molecule has 0 aliphatic heterocycles. The van der Waals surface area contributed by atoms with E-state index in [0.717, 1.165) is 6.07 Å². The zero-order chi connectivity index (χ0) is 14.9. The largest absolute Gasteiger partial charge is 0.478 e. The fourth-order valence-electron chi connectivity index (χ4n) is 1.73. The number of aromatic carboxylic acids is 1. The van der Waals surface area contributed by atoms with Crippen molar-refractivity contribution < 1.29 is 23.1 Å². The van der Waals surface area contributed by atoms with Crippen molar-refractivity contribution in [2.75, 3.05) is 0 Å². The van der Waals surface area contributed by atoms with Crippen LogP contribution in [0.5, 0.6) is 0 Å². The molecule has 1 N–H and O–H groups in total. The molecule has 0 unspecified atom stereocenters. The monoisotopic (exact) mass is 344 g/mol. The Hall–Kier alpha value is -1.82. The molecule has 20 heavy (non-hydrogen) atoms. The van der Waals surface area contributed by atoms with E-state index >= 15 is 0 Å². The maximum atomic E-state index is 12.8. The van der Waals surface area contributed by atoms with Crippen molar-refractivity contribution in [3.05, 3.63) is 58.1 Å². The molecule has 0 aromatic heterocycles. The molecule has 0 aliphatic rings. The van der Waals surface area contributed by atoms with Crippen molar-refractivity contribution in [2.24, 2.45) is 0 Å². The molecular formula is C14H8BrF3O2. The minimum atomic E-state index is -4.45. The van der Waals surface area contributed by atoms with Gasteiger partial charge in [0.05, 0.1) is 11.1 Å². The molecule has 2 aromatic rings. The third kappa shape index (κ3) is 3.01. The standard InChI is InChI=1S/C14H8BrF3O2/c15-12-6-5-10(7-11(12)14(16,17)18)8-1-3-9(4-2-8)13(19)20/h1-7H,(H,19,20). The predicted octanol–water partition coefficient (Wildman–Crippen LogP) is 4.83. The highest BCUT2D eigenvalue weighted by Crippen LogP contribution is 2.37. The van der Waals surface area contributed by atoms with E-state index in [1.807, 2.05) is 0 Å². The smallest absolute Gasteiger partial charge is 0.417 e. The number of carbonyl (C=O) groups is 1. The third-order valence-electron chi connectivity index (χ3n) is 2.74. The average Bonchev–Trinajstić information content (AvgIpc) is 2.38. The number of alkyl halides is 3. The third-order valence-corrected chi connectivity index (χ3v) is 3.43. The Morgan fingerprint density at radius 3 is 2.05 bits per heavy atom. The predicted molar refractivity (Wildman–Crippen MR) is 71.5 cm³/mol. The van der Waals surface area contributed by atoms with Crippen molar-refractivity contribution in [3.8, 4) is 11.1 Å². The quantitative estimate of drug-likeness (QED) is 0.846. The highest BCUT2D eigenvalue weighted by Gasteiger charge is 2.33. The molecular weight excluding hydrogens is 337 g/mol. The van der Waals surface area contributed by atoms with Crippen LogP contribution in [0, 0.1) is 0 Å². The summed E-state index contributed by atoms with van der Waals surface area (Å²) >= 11 is 2.87. The number of carboxylic acid groups (broad SMARTS) is 1. The summed E-state index contributed by atoms with van der Waals surface area (Å²) < 4.78 is 38.4. The lowest BCUT2D eigenvalue weighted by molar-refractivity contribution is -0.138. The van der Waals surface area contributed by atoms with Gasteiger partial charge >= 0.3 is 12.1 Å². The maximum absolute atomic E-state index is 12.8. The van der Waals surface area contributed by atoms with E-state index in [1.165, 1.54) is 36.4 Å². The van der Waals surface area contributed by atoms with E-state index in [1.54, 1.807) is 0 Å². The van der Waals surface area contributed by atoms with Gasteiger partial charge < -0.3 is 5.11 Å². The molecule has 0 bridgehead atoms. The van der Waals surface area contributed by atoms with Gasteiger partial charge in [0.1, 0.15) is 0 Å². The summed E-state index contributed by atoms with van der Waals surface area (Å²) in [4.78, 5) is 10.7. The second-order valence-electron chi connectivity index (χ2n) is 4.07. The molecule has 0 saturated carbocycles. The van der Waals surface area contributed by atoms with Gasteiger partial charge in [-0.2, -0.15) is 13.2 Å². The zero-order valence-corrected chi connectivity index (χ0v) is 11.5. The van der Waals surface area contributed by atoms with E-state index < -0.39 is 17.7 Å². The molecule has 0 saturated heterocycles. The first kappa shape index (κ1) is 14.6. The summed E-state index contributed by atoms with van der Waals surface area (Å²) in [5.74, 6) is -1.08. The molecule has 0 atom stereocenters. The summed E-state index contributed by atoms with van der Waals surface area (Å²) in [6.07, 6.45) is -4.45. The first-order valence-electron chi connectivity index (χ1n) is 5.49. The van der Waals surface area contributed by atoms with Crippen LogP contribution in [0.25, 0.3) is 11.1 Å². The van der Waals surface area contributed by atoms with Crippen LogP contribution in [0.2, 0.25) is 0 Å². The summed E-state index contributed by atoms with van der Waals surface area (Å²) in [6, 6.07) is 9.55. The first-order valence-corrected chi connectivity index (χ1v) is 6.29. The Labute approximate surface area is 121 Å². The van der Waals surface area contributed by atoms with Crippen molar-refractivity contribution in [1.29, 1.82) is 0 Å². The Bertz CT molecular complexity index is 648. The topological polar surface area (TPSA) is 37.3 Å². The van der Waals surface area contributed by atoms with E-state index in [9.17, 15) is 18.0 Å². The zero-order valence-electron chi connectivity index (χ0n) is 9.91. The van der Waals surface area contributed by atoms with Crippen LogP contribution in [0.4, 0.5) is 13.2 Å². The van der Waals surface area contributed by atoms with Crippen LogP contribution in [-0.2, 0) is 6.18 Å². The van der Waals surface area contributed by atoms with Gasteiger partial charge in [0.15, 0.2) is 0 Å². The Kier molecular flexibility index (Phi) is 3.85. The van der Waals surface area contributed by atoms with Crippen LogP contribution < -0.4 is 0 Å². The lowest BCUT2D eigenvalue weighted by Crippen LogP contribution is -2.06. The first-order chi connectivity index (χ1) is 9.29. The minimum Gasteiger partial charge on any atom is -0.478 e. The van der Waals surface area contributed by atoms with Crippen LogP contribution in [0.1, 0.15) is 15.9 Å². The Morgan fingerprint density at radius 2 is 1.55 bits per heavy atom. The average molecular weight is 345 g/mol. The molecule has 2 rings (SSSR count). The minimum absolute atomic E-state index is 0.0316. The van der Waals surface area contributed by atoms with Crippen LogP contribution in [0.15, 0.2) is 46.9 Å². The summed E-state index contributed by atoms with van der Waals surface area (Å²) in [6.45, 7) is 0. The summed E-state index contributed by atoms with van der Waals surface area (Å²) in [5, 5.41) is 8.78. The number of benzene rings is 2. The van der Waals surface area contributed by atoms with Crippen molar-refractivity contribution >= 4 is 21.9 Å². The molecule has 0 spiro atoms. The number of hydrogen-bond acceptors (Lipinski definition) is 1. The van der Waals surface area contributed by atoms with Crippen molar-refractivity contribution in [3.63, 3.8) is 0 Å². The highest BCUT2D eigenvalue weighted by molar-refractivity contribution is 9.10. The maximum Gasteiger partial charge on any atom is 0.417 e. The summed E-state index contributed by atoms with van der Waals surface area (Å²) in [7, 11) is 0. The lowest BCUT2D eigenvalue weighted by Gasteiger charge is -2.11. The molecule has 0 heterocycles. The number of carboxylic acids is 1. The van der Waals surface area contributed by atoms with Gasteiger partial charge in [-0.05, 0) is 35.4 Å². The second-order valence-corrected chi connectivity index (χ2v) is 4.93. The SMILES string of the molecule is O=C(O)c1ccc(-c2ccc(Br)c(C(F)(F)F)c2)cc1. The fourth-order valence-corrected chi connectivity index (χ4v) is 2.20. The van der Waals surface area contributed by atoms with Crippen LogP contribution in [0.3, 0.4) is 0 Å². The van der Waals surface area contributed by atoms with Gasteiger partial charge in [0.25, 0.3) is 0 Å². The van der Waals surface area contributed by atoms with E-state index in [2.05, 4.69) is 15.9 Å². The fraction of sp³-hybridized carbons (Fsp3) is 0.0714. The lowest BCUT2D eigenvalue weighted by atomic mass is 10.0. The Balaban J connectivity index is 2.45. The van der Waals surface area contributed by atoms with Gasteiger partial charge in [0.2, 0.25) is 0 Å². The van der Waals surface area contributed by atoms with Gasteiger partial charge in [-0.3, -0.25) is 0 Å². The normalized spacial score (nSPS) is 11.4. The van der Waals surface area contributed by atoms with Crippen LogP contribution >= 0.6 is 15.9 Å². The van der Waals surface area contributed by atoms with Gasteiger partial charge in [-0.15, -0.1) is 0 Å². The second kappa shape index (κ2) is 5.28. The van der Waals surface area contributed by atoms with E-state index in [0.29, 0.717) is 11.1 Å². The molecule has 0 radical (unpaired) electrons. The van der Waals surface area contributed by atoms with Gasteiger partial charge in [0, 0.05) is 4.47 Å². The molecule has 0 aliphatic carbocycles. The molecule has 0 fully saturated rings. The number of rotatable bonds is 2. The van der Waals surface area contributed by atoms with Gasteiger partial charge in [-0.1, -0.05) is 34.1 Å². The molecule has 104 valence electrons. The Morgan fingerprint density at radius 1 is 1.00 bits per heavy atom. The molecule has 2 nitrogen and oxygen atoms in total. The number of halogens is 4. The summed E-state index contributed by atoms with van der Waals surface area (Å²) in [5.41, 5.74) is 0.213. The number of hydrogen-bond donors (Lipinski definition) is 1. The van der Waals surface area contributed by atoms with E-state index in [-0.39, 0.29) is 10.0 Å². The van der Waals surface area contributed by atoms with E-state index in [4.69, 9.17) is 5.11 Å². The highest BCUT2D eigenvalue weighted by atomic mass is 79.9. The molecule has 2 aromatic carbocycles. The van der Waals surface area contributed by atoms with Crippen molar-refractivity contribution in [1.82, 2.24) is 0 Å². The van der Waals surface area contributed by atoms with Crippen molar-refractivity contribution in [2.45, 2.75) is 6.18 Å². The molecule has 0 amide bonds. The van der Waals surface area contributed by atoms with Crippen LogP contribution in [-0.4, -0.2) is 11.1 Å². The molecule has 6 heteroatoms.